The van der Waals surface area contributed by atoms with E-state index in [1.165, 1.54) is 0 Å². The molecule has 0 unspecified atom stereocenters. The first-order chi connectivity index (χ1) is 11.5. The van der Waals surface area contributed by atoms with Gasteiger partial charge in [-0.1, -0.05) is 23.2 Å². The lowest BCUT2D eigenvalue weighted by Gasteiger charge is -2.08. The highest BCUT2D eigenvalue weighted by atomic mass is 35.5. The number of rotatable bonds is 2. The van der Waals surface area contributed by atoms with Gasteiger partial charge in [0, 0.05) is 26.6 Å². The van der Waals surface area contributed by atoms with Crippen LogP contribution in [0.25, 0.3) is 10.9 Å². The molecule has 0 aliphatic carbocycles. The smallest absolute Gasteiger partial charge is 0.337 e. The standard InChI is InChI=1S/C16H12Cl2N4O2/c17-10-1-4-12(5-2-10)19-16(24)22-21-15(23)14-8-9-7-11(18)3-6-13(9)20-14/h1-8,20H,(H,21,23)(H2,19,22,24). The molecule has 8 heteroatoms. The van der Waals surface area contributed by atoms with E-state index in [1.54, 1.807) is 48.5 Å². The van der Waals surface area contributed by atoms with Crippen molar-refractivity contribution in [2.75, 3.05) is 5.32 Å². The SMILES string of the molecule is O=C(NNC(=O)c1cc2cc(Cl)ccc2[nH]1)Nc1ccc(Cl)cc1. The van der Waals surface area contributed by atoms with Crippen LogP contribution < -0.4 is 16.2 Å². The first kappa shape index (κ1) is 16.2. The topological polar surface area (TPSA) is 86.0 Å². The van der Waals surface area contributed by atoms with Crippen molar-refractivity contribution >= 4 is 51.7 Å². The Balaban J connectivity index is 1.59. The molecule has 0 aliphatic rings. The molecule has 0 saturated carbocycles. The van der Waals surface area contributed by atoms with Crippen molar-refractivity contribution in [1.29, 1.82) is 0 Å². The number of aromatic nitrogens is 1. The van der Waals surface area contributed by atoms with Crippen molar-refractivity contribution < 1.29 is 9.59 Å². The van der Waals surface area contributed by atoms with Crippen LogP contribution in [0.2, 0.25) is 10.0 Å². The molecular formula is C16H12Cl2N4O2. The fourth-order valence-corrected chi connectivity index (χ4v) is 2.41. The molecule has 0 bridgehead atoms. The first-order valence-electron chi connectivity index (χ1n) is 6.92. The van der Waals surface area contributed by atoms with Crippen molar-refractivity contribution in [3.05, 3.63) is 64.3 Å². The maximum atomic E-state index is 12.1. The third-order valence-corrected chi connectivity index (χ3v) is 3.71. The van der Waals surface area contributed by atoms with E-state index in [0.29, 0.717) is 21.4 Å². The number of aromatic amines is 1. The second kappa shape index (κ2) is 6.82. The van der Waals surface area contributed by atoms with Gasteiger partial charge in [-0.25, -0.2) is 10.2 Å². The monoisotopic (exact) mass is 362 g/mol. The fraction of sp³-hybridized carbons (Fsp3) is 0. The van der Waals surface area contributed by atoms with Crippen molar-refractivity contribution in [3.8, 4) is 0 Å². The summed E-state index contributed by atoms with van der Waals surface area (Å²) in [5, 5.41) is 4.50. The van der Waals surface area contributed by atoms with E-state index >= 15 is 0 Å². The lowest BCUT2D eigenvalue weighted by atomic mass is 10.2. The number of amides is 3. The second-order valence-corrected chi connectivity index (χ2v) is 5.83. The summed E-state index contributed by atoms with van der Waals surface area (Å²) in [4.78, 5) is 26.8. The van der Waals surface area contributed by atoms with E-state index in [-0.39, 0.29) is 0 Å². The van der Waals surface area contributed by atoms with E-state index in [2.05, 4.69) is 21.2 Å². The zero-order valence-corrected chi connectivity index (χ0v) is 13.7. The number of nitrogens with one attached hydrogen (secondary N) is 4. The second-order valence-electron chi connectivity index (χ2n) is 4.95. The summed E-state index contributed by atoms with van der Waals surface area (Å²) in [6.07, 6.45) is 0. The van der Waals surface area contributed by atoms with Crippen LogP contribution in [0.3, 0.4) is 0 Å². The molecule has 1 heterocycles. The number of carbonyl (C=O) groups is 2. The number of benzene rings is 2. The van der Waals surface area contributed by atoms with Crippen LogP contribution in [0.5, 0.6) is 0 Å². The Labute approximate surface area is 147 Å². The largest absolute Gasteiger partial charge is 0.350 e. The normalized spacial score (nSPS) is 10.4. The number of hydrogen-bond acceptors (Lipinski definition) is 2. The number of anilines is 1. The lowest BCUT2D eigenvalue weighted by Crippen LogP contribution is -2.44. The predicted molar refractivity (Wildman–Crippen MR) is 94.4 cm³/mol. The van der Waals surface area contributed by atoms with Gasteiger partial charge in [-0.05, 0) is 48.5 Å². The van der Waals surface area contributed by atoms with Crippen LogP contribution in [0.1, 0.15) is 10.5 Å². The molecule has 122 valence electrons. The minimum atomic E-state index is -0.579. The molecule has 0 spiro atoms. The van der Waals surface area contributed by atoms with Gasteiger partial charge in [0.05, 0.1) is 0 Å². The van der Waals surface area contributed by atoms with Gasteiger partial charge < -0.3 is 10.3 Å². The van der Waals surface area contributed by atoms with Gasteiger partial charge in [0.15, 0.2) is 0 Å². The molecule has 0 aliphatic heterocycles. The van der Waals surface area contributed by atoms with Gasteiger partial charge in [-0.15, -0.1) is 0 Å². The molecule has 0 atom stereocenters. The number of H-pyrrole nitrogens is 1. The number of hydrogen-bond donors (Lipinski definition) is 4. The van der Waals surface area contributed by atoms with Gasteiger partial charge in [-0.3, -0.25) is 10.2 Å². The summed E-state index contributed by atoms with van der Waals surface area (Å²) < 4.78 is 0. The average molecular weight is 363 g/mol. The third kappa shape index (κ3) is 3.79. The van der Waals surface area contributed by atoms with Crippen molar-refractivity contribution in [2.45, 2.75) is 0 Å². The highest BCUT2D eigenvalue weighted by Gasteiger charge is 2.11. The molecule has 0 radical (unpaired) electrons. The minimum absolute atomic E-state index is 0.305. The van der Waals surface area contributed by atoms with Gasteiger partial charge in [0.1, 0.15) is 5.69 Å². The van der Waals surface area contributed by atoms with E-state index in [1.807, 2.05) is 0 Å². The zero-order valence-electron chi connectivity index (χ0n) is 12.2. The lowest BCUT2D eigenvalue weighted by molar-refractivity contribution is 0.0934. The maximum Gasteiger partial charge on any atom is 0.337 e. The Morgan fingerprint density at radius 1 is 0.875 bits per heavy atom. The molecule has 3 aromatic rings. The van der Waals surface area contributed by atoms with Gasteiger partial charge in [-0.2, -0.15) is 0 Å². The van der Waals surface area contributed by atoms with Crippen LogP contribution in [-0.4, -0.2) is 16.9 Å². The zero-order chi connectivity index (χ0) is 17.1. The molecule has 0 fully saturated rings. The first-order valence-corrected chi connectivity index (χ1v) is 7.68. The van der Waals surface area contributed by atoms with Crippen molar-refractivity contribution in [1.82, 2.24) is 15.8 Å². The third-order valence-electron chi connectivity index (χ3n) is 3.22. The van der Waals surface area contributed by atoms with E-state index < -0.39 is 11.9 Å². The Kier molecular flexibility index (Phi) is 4.59. The molecular weight excluding hydrogens is 351 g/mol. The summed E-state index contributed by atoms with van der Waals surface area (Å²) in [6, 6.07) is 12.9. The highest BCUT2D eigenvalue weighted by Crippen LogP contribution is 2.20. The quantitative estimate of drug-likeness (QED) is 0.520. The molecule has 24 heavy (non-hydrogen) atoms. The summed E-state index contributed by atoms with van der Waals surface area (Å²) in [7, 11) is 0. The van der Waals surface area contributed by atoms with Crippen LogP contribution in [-0.2, 0) is 0 Å². The fourth-order valence-electron chi connectivity index (χ4n) is 2.10. The van der Waals surface area contributed by atoms with Crippen LogP contribution >= 0.6 is 23.2 Å². The highest BCUT2D eigenvalue weighted by molar-refractivity contribution is 6.31. The van der Waals surface area contributed by atoms with Crippen molar-refractivity contribution in [3.63, 3.8) is 0 Å². The molecule has 1 aromatic heterocycles. The number of hydrazine groups is 1. The molecule has 3 rings (SSSR count). The number of fused-ring (bicyclic) bond motifs is 1. The Hall–Kier alpha value is -2.70. The maximum absolute atomic E-state index is 12.1. The molecule has 4 N–H and O–H groups in total. The summed E-state index contributed by atoms with van der Waals surface area (Å²) >= 11 is 11.7. The minimum Gasteiger partial charge on any atom is -0.350 e. The molecule has 6 nitrogen and oxygen atoms in total. The number of urea groups is 1. The van der Waals surface area contributed by atoms with E-state index in [9.17, 15) is 9.59 Å². The number of carbonyl (C=O) groups excluding carboxylic acids is 2. The van der Waals surface area contributed by atoms with Gasteiger partial charge in [0.2, 0.25) is 0 Å². The van der Waals surface area contributed by atoms with Gasteiger partial charge >= 0.3 is 6.03 Å². The summed E-state index contributed by atoms with van der Waals surface area (Å²) in [5.41, 5.74) is 6.21. The molecule has 0 saturated heterocycles. The predicted octanol–water partition coefficient (Wildman–Crippen LogP) is 3.94. The van der Waals surface area contributed by atoms with Crippen molar-refractivity contribution in [2.24, 2.45) is 0 Å². The van der Waals surface area contributed by atoms with Crippen LogP contribution in [0.4, 0.5) is 10.5 Å². The summed E-state index contributed by atoms with van der Waals surface area (Å²) in [5.74, 6) is -0.478. The summed E-state index contributed by atoms with van der Waals surface area (Å²) in [6.45, 7) is 0. The van der Waals surface area contributed by atoms with E-state index in [0.717, 1.165) is 10.9 Å². The Morgan fingerprint density at radius 3 is 2.33 bits per heavy atom. The van der Waals surface area contributed by atoms with Crippen LogP contribution in [0.15, 0.2) is 48.5 Å². The van der Waals surface area contributed by atoms with Gasteiger partial charge in [0.25, 0.3) is 5.91 Å². The average Bonchev–Trinajstić information content (AvgIpc) is 2.98. The Morgan fingerprint density at radius 2 is 1.58 bits per heavy atom. The molecule has 2 aromatic carbocycles. The van der Waals surface area contributed by atoms with Crippen LogP contribution in [0, 0.1) is 0 Å². The number of halogens is 2. The Bertz CT molecular complexity index is 906. The van der Waals surface area contributed by atoms with E-state index in [4.69, 9.17) is 23.2 Å². The molecule has 3 amide bonds.